The van der Waals surface area contributed by atoms with E-state index in [9.17, 15) is 4.79 Å². The van der Waals surface area contributed by atoms with Crippen molar-refractivity contribution in [2.75, 3.05) is 5.32 Å². The van der Waals surface area contributed by atoms with E-state index in [0.29, 0.717) is 11.3 Å². The highest BCUT2D eigenvalue weighted by molar-refractivity contribution is 6.03. The second-order valence-electron chi connectivity index (χ2n) is 5.54. The standard InChI is InChI=1S/C17H18N4O/c1-10-6-5-7-14(13(10)4)19-17(22)15-9-12(3)21-16(18-15)8-11(2)20-21/h5-9H,1-4H3,(H,19,22). The maximum Gasteiger partial charge on any atom is 0.274 e. The van der Waals surface area contributed by atoms with Gasteiger partial charge in [-0.2, -0.15) is 5.10 Å². The Morgan fingerprint density at radius 2 is 1.91 bits per heavy atom. The van der Waals surface area contributed by atoms with Gasteiger partial charge in [0.05, 0.1) is 5.69 Å². The average Bonchev–Trinajstić information content (AvgIpc) is 2.85. The summed E-state index contributed by atoms with van der Waals surface area (Å²) in [4.78, 5) is 16.9. The van der Waals surface area contributed by atoms with Gasteiger partial charge in [0.15, 0.2) is 5.65 Å². The van der Waals surface area contributed by atoms with Gasteiger partial charge in [-0.15, -0.1) is 0 Å². The smallest absolute Gasteiger partial charge is 0.274 e. The van der Waals surface area contributed by atoms with Gasteiger partial charge in [0.25, 0.3) is 5.91 Å². The summed E-state index contributed by atoms with van der Waals surface area (Å²) in [6.07, 6.45) is 0. The molecule has 112 valence electrons. The van der Waals surface area contributed by atoms with Gasteiger partial charge in [-0.1, -0.05) is 12.1 Å². The first kappa shape index (κ1) is 14.3. The molecule has 0 saturated carbocycles. The lowest BCUT2D eigenvalue weighted by molar-refractivity contribution is 0.102. The first-order valence-electron chi connectivity index (χ1n) is 7.17. The second-order valence-corrected chi connectivity index (χ2v) is 5.54. The topological polar surface area (TPSA) is 59.3 Å². The summed E-state index contributed by atoms with van der Waals surface area (Å²) in [5.41, 5.74) is 5.85. The first-order chi connectivity index (χ1) is 10.5. The van der Waals surface area contributed by atoms with Crippen molar-refractivity contribution in [1.29, 1.82) is 0 Å². The minimum absolute atomic E-state index is 0.210. The summed E-state index contributed by atoms with van der Waals surface area (Å²) < 4.78 is 1.74. The average molecular weight is 294 g/mol. The van der Waals surface area contributed by atoms with Crippen molar-refractivity contribution in [2.24, 2.45) is 0 Å². The highest BCUT2D eigenvalue weighted by atomic mass is 16.1. The summed E-state index contributed by atoms with van der Waals surface area (Å²) in [7, 11) is 0. The largest absolute Gasteiger partial charge is 0.320 e. The molecule has 0 radical (unpaired) electrons. The van der Waals surface area contributed by atoms with Crippen LogP contribution in [-0.4, -0.2) is 20.5 Å². The maximum atomic E-state index is 12.5. The summed E-state index contributed by atoms with van der Waals surface area (Å²) in [5, 5.41) is 7.28. The molecule has 2 aromatic heterocycles. The number of aromatic nitrogens is 3. The molecule has 0 aliphatic carbocycles. The van der Waals surface area contributed by atoms with Crippen LogP contribution in [0.5, 0.6) is 0 Å². The van der Waals surface area contributed by atoms with Crippen LogP contribution in [-0.2, 0) is 0 Å². The lowest BCUT2D eigenvalue weighted by Gasteiger charge is -2.10. The molecule has 0 aliphatic rings. The molecule has 0 saturated heterocycles. The van der Waals surface area contributed by atoms with Crippen molar-refractivity contribution in [3.8, 4) is 0 Å². The fourth-order valence-corrected chi connectivity index (χ4v) is 2.43. The molecule has 1 N–H and O–H groups in total. The lowest BCUT2D eigenvalue weighted by atomic mass is 10.1. The van der Waals surface area contributed by atoms with Crippen molar-refractivity contribution in [2.45, 2.75) is 27.7 Å². The number of carbonyl (C=O) groups excluding carboxylic acids is 1. The van der Waals surface area contributed by atoms with E-state index in [-0.39, 0.29) is 5.91 Å². The van der Waals surface area contributed by atoms with Crippen LogP contribution in [0, 0.1) is 27.7 Å². The van der Waals surface area contributed by atoms with Gasteiger partial charge >= 0.3 is 0 Å². The summed E-state index contributed by atoms with van der Waals surface area (Å²) in [6.45, 7) is 7.83. The molecule has 0 fully saturated rings. The van der Waals surface area contributed by atoms with E-state index in [4.69, 9.17) is 0 Å². The molecule has 0 spiro atoms. The van der Waals surface area contributed by atoms with Gasteiger partial charge < -0.3 is 5.32 Å². The second kappa shape index (κ2) is 5.26. The van der Waals surface area contributed by atoms with E-state index in [1.165, 1.54) is 0 Å². The minimum Gasteiger partial charge on any atom is -0.320 e. The number of aryl methyl sites for hydroxylation is 3. The number of nitrogens with zero attached hydrogens (tertiary/aromatic N) is 3. The molecule has 5 nitrogen and oxygen atoms in total. The Labute approximate surface area is 129 Å². The van der Waals surface area contributed by atoms with Gasteiger partial charge in [-0.05, 0) is 51.0 Å². The Hall–Kier alpha value is -2.69. The Morgan fingerprint density at radius 1 is 1.14 bits per heavy atom. The van der Waals surface area contributed by atoms with Crippen molar-refractivity contribution in [1.82, 2.24) is 14.6 Å². The van der Waals surface area contributed by atoms with E-state index < -0.39 is 0 Å². The third-order valence-electron chi connectivity index (χ3n) is 3.81. The predicted molar refractivity (Wildman–Crippen MR) is 86.3 cm³/mol. The zero-order valence-corrected chi connectivity index (χ0v) is 13.1. The normalized spacial score (nSPS) is 10.9. The molecular weight excluding hydrogens is 276 g/mol. The number of fused-ring (bicyclic) bond motifs is 1. The fourth-order valence-electron chi connectivity index (χ4n) is 2.43. The Morgan fingerprint density at radius 3 is 2.68 bits per heavy atom. The highest BCUT2D eigenvalue weighted by Crippen LogP contribution is 2.19. The highest BCUT2D eigenvalue weighted by Gasteiger charge is 2.13. The SMILES string of the molecule is Cc1cc2nc(C(=O)Nc3cccc(C)c3C)cc(C)n2n1. The van der Waals surface area contributed by atoms with E-state index in [1.807, 2.05) is 52.0 Å². The molecule has 3 rings (SSSR count). The van der Waals surface area contributed by atoms with E-state index in [0.717, 1.165) is 28.2 Å². The number of hydrogen-bond acceptors (Lipinski definition) is 3. The van der Waals surface area contributed by atoms with Crippen LogP contribution in [0.2, 0.25) is 0 Å². The Kier molecular flexibility index (Phi) is 3.41. The van der Waals surface area contributed by atoms with Gasteiger partial charge in [0, 0.05) is 17.4 Å². The van der Waals surface area contributed by atoms with Crippen molar-refractivity contribution >= 4 is 17.2 Å². The number of benzene rings is 1. The van der Waals surface area contributed by atoms with Crippen molar-refractivity contribution in [3.63, 3.8) is 0 Å². The van der Waals surface area contributed by atoms with Crippen molar-refractivity contribution in [3.05, 3.63) is 58.5 Å². The molecule has 2 heterocycles. The molecule has 1 aromatic carbocycles. The maximum absolute atomic E-state index is 12.5. The molecule has 5 heteroatoms. The molecule has 0 aliphatic heterocycles. The molecule has 1 amide bonds. The number of rotatable bonds is 2. The Balaban J connectivity index is 1.97. The summed E-state index contributed by atoms with van der Waals surface area (Å²) in [6, 6.07) is 9.46. The summed E-state index contributed by atoms with van der Waals surface area (Å²) >= 11 is 0. The fraction of sp³-hybridized carbons (Fsp3) is 0.235. The van der Waals surface area contributed by atoms with Crippen LogP contribution < -0.4 is 5.32 Å². The van der Waals surface area contributed by atoms with Crippen LogP contribution in [0.1, 0.15) is 33.0 Å². The van der Waals surface area contributed by atoms with Crippen LogP contribution >= 0.6 is 0 Å². The molecule has 0 atom stereocenters. The van der Waals surface area contributed by atoms with Gasteiger partial charge in [-0.25, -0.2) is 9.50 Å². The zero-order chi connectivity index (χ0) is 15.9. The van der Waals surface area contributed by atoms with Crippen LogP contribution in [0.15, 0.2) is 30.3 Å². The van der Waals surface area contributed by atoms with Gasteiger partial charge in [0.1, 0.15) is 5.69 Å². The number of hydrogen-bond donors (Lipinski definition) is 1. The molecule has 22 heavy (non-hydrogen) atoms. The number of carbonyl (C=O) groups is 1. The first-order valence-corrected chi connectivity index (χ1v) is 7.17. The quantitative estimate of drug-likeness (QED) is 0.789. The number of nitrogens with one attached hydrogen (secondary N) is 1. The number of amides is 1. The van der Waals surface area contributed by atoms with Gasteiger partial charge in [0.2, 0.25) is 0 Å². The van der Waals surface area contributed by atoms with Crippen LogP contribution in [0.25, 0.3) is 5.65 Å². The third-order valence-corrected chi connectivity index (χ3v) is 3.81. The monoisotopic (exact) mass is 294 g/mol. The molecule has 0 bridgehead atoms. The van der Waals surface area contributed by atoms with Crippen molar-refractivity contribution < 1.29 is 4.79 Å². The predicted octanol–water partition coefficient (Wildman–Crippen LogP) is 3.22. The third kappa shape index (κ3) is 2.45. The Bertz CT molecular complexity index is 880. The lowest BCUT2D eigenvalue weighted by Crippen LogP contribution is -2.16. The molecular formula is C17H18N4O. The van der Waals surface area contributed by atoms with E-state index >= 15 is 0 Å². The molecule has 0 unspecified atom stereocenters. The summed E-state index contributed by atoms with van der Waals surface area (Å²) in [5.74, 6) is -0.210. The van der Waals surface area contributed by atoms with Crippen LogP contribution in [0.4, 0.5) is 5.69 Å². The molecule has 3 aromatic rings. The number of anilines is 1. The minimum atomic E-state index is -0.210. The van der Waals surface area contributed by atoms with Gasteiger partial charge in [-0.3, -0.25) is 4.79 Å². The van der Waals surface area contributed by atoms with Crippen LogP contribution in [0.3, 0.4) is 0 Å². The van der Waals surface area contributed by atoms with E-state index in [2.05, 4.69) is 15.4 Å². The zero-order valence-electron chi connectivity index (χ0n) is 13.1. The van der Waals surface area contributed by atoms with E-state index in [1.54, 1.807) is 10.6 Å².